The fourth-order valence-corrected chi connectivity index (χ4v) is 1.82. The van der Waals surface area contributed by atoms with Gasteiger partial charge in [-0.2, -0.15) is 5.10 Å². The van der Waals surface area contributed by atoms with E-state index < -0.39 is 11.8 Å². The van der Waals surface area contributed by atoms with Gasteiger partial charge < -0.3 is 5.11 Å². The summed E-state index contributed by atoms with van der Waals surface area (Å²) in [6, 6.07) is 7.29. The molecule has 6 heteroatoms. The topological polar surface area (TPSA) is 72.2 Å². The Morgan fingerprint density at radius 3 is 2.86 bits per heavy atom. The highest BCUT2D eigenvalue weighted by Gasteiger charge is 2.04. The minimum Gasteiger partial charge on any atom is -0.478 e. The quantitative estimate of drug-likeness (QED) is 0.871. The van der Waals surface area contributed by atoms with Crippen LogP contribution < -0.4 is 5.56 Å². The summed E-state index contributed by atoms with van der Waals surface area (Å²) in [6.07, 6.45) is 2.03. The molecule has 0 aliphatic rings. The van der Waals surface area contributed by atoms with Crippen molar-refractivity contribution in [2.24, 2.45) is 0 Å². The highest BCUT2D eigenvalue weighted by Crippen LogP contribution is 2.13. The van der Waals surface area contributed by atoms with E-state index >= 15 is 0 Å². The van der Waals surface area contributed by atoms with Crippen LogP contribution in [0.25, 0.3) is 6.08 Å². The molecule has 0 radical (unpaired) electrons. The standard InChI is InChI=1S/C15H13FN2O3/c1-10-2-6-14(19)18(17-10)9-11-3-5-13(16)12(8-11)4-7-15(20)21/h2-8H,9H2,1H3,(H,20,21). The number of aromatic nitrogens is 2. The van der Waals surface area contributed by atoms with E-state index in [1.54, 1.807) is 13.0 Å². The molecular weight excluding hydrogens is 275 g/mol. The first-order valence-electron chi connectivity index (χ1n) is 6.20. The van der Waals surface area contributed by atoms with Gasteiger partial charge >= 0.3 is 5.97 Å². The summed E-state index contributed by atoms with van der Waals surface area (Å²) < 4.78 is 14.8. The number of aliphatic carboxylic acids is 1. The zero-order valence-electron chi connectivity index (χ0n) is 11.3. The van der Waals surface area contributed by atoms with E-state index in [4.69, 9.17) is 5.11 Å². The van der Waals surface area contributed by atoms with Crippen LogP contribution in [-0.2, 0) is 11.3 Å². The second-order valence-corrected chi connectivity index (χ2v) is 4.50. The summed E-state index contributed by atoms with van der Waals surface area (Å²) in [6.45, 7) is 1.95. The van der Waals surface area contributed by atoms with E-state index in [1.165, 1.54) is 35.0 Å². The largest absolute Gasteiger partial charge is 0.478 e. The number of halogens is 1. The zero-order valence-corrected chi connectivity index (χ0v) is 11.3. The average Bonchev–Trinajstić information content (AvgIpc) is 2.43. The second-order valence-electron chi connectivity index (χ2n) is 4.50. The van der Waals surface area contributed by atoms with Gasteiger partial charge in [-0.15, -0.1) is 0 Å². The van der Waals surface area contributed by atoms with Gasteiger partial charge in [0, 0.05) is 17.7 Å². The third-order valence-electron chi connectivity index (χ3n) is 2.80. The van der Waals surface area contributed by atoms with Gasteiger partial charge in [0.2, 0.25) is 0 Å². The van der Waals surface area contributed by atoms with Crippen molar-refractivity contribution < 1.29 is 14.3 Å². The van der Waals surface area contributed by atoms with Crippen LogP contribution in [0.5, 0.6) is 0 Å². The summed E-state index contributed by atoms with van der Waals surface area (Å²) >= 11 is 0. The fourth-order valence-electron chi connectivity index (χ4n) is 1.82. The molecule has 21 heavy (non-hydrogen) atoms. The Hall–Kier alpha value is -2.76. The lowest BCUT2D eigenvalue weighted by atomic mass is 10.1. The molecule has 5 nitrogen and oxygen atoms in total. The first-order chi connectivity index (χ1) is 9.95. The Labute approximate surface area is 120 Å². The number of carbonyl (C=O) groups is 1. The van der Waals surface area contributed by atoms with Crippen molar-refractivity contribution in [3.63, 3.8) is 0 Å². The van der Waals surface area contributed by atoms with Crippen molar-refractivity contribution in [3.8, 4) is 0 Å². The Balaban J connectivity index is 2.33. The Kier molecular flexibility index (Phi) is 4.27. The molecule has 0 saturated carbocycles. The highest BCUT2D eigenvalue weighted by molar-refractivity contribution is 5.85. The van der Waals surface area contributed by atoms with Gasteiger partial charge in [0.25, 0.3) is 5.56 Å². The molecule has 2 aromatic rings. The summed E-state index contributed by atoms with van der Waals surface area (Å²) in [5.41, 5.74) is 1.24. The molecule has 0 spiro atoms. The van der Waals surface area contributed by atoms with Crippen LogP contribution in [-0.4, -0.2) is 20.9 Å². The maximum absolute atomic E-state index is 13.6. The minimum atomic E-state index is -1.16. The van der Waals surface area contributed by atoms with Gasteiger partial charge in [-0.1, -0.05) is 6.07 Å². The number of aryl methyl sites for hydroxylation is 1. The maximum Gasteiger partial charge on any atom is 0.328 e. The van der Waals surface area contributed by atoms with Crippen LogP contribution in [0.2, 0.25) is 0 Å². The molecule has 0 fully saturated rings. The lowest BCUT2D eigenvalue weighted by Gasteiger charge is -2.07. The van der Waals surface area contributed by atoms with Crippen molar-refractivity contribution in [2.45, 2.75) is 13.5 Å². The van der Waals surface area contributed by atoms with E-state index in [-0.39, 0.29) is 17.7 Å². The summed E-state index contributed by atoms with van der Waals surface area (Å²) in [7, 11) is 0. The monoisotopic (exact) mass is 288 g/mol. The normalized spacial score (nSPS) is 11.0. The molecule has 0 saturated heterocycles. The number of carboxylic acid groups (broad SMARTS) is 1. The van der Waals surface area contributed by atoms with E-state index in [1.807, 2.05) is 0 Å². The molecule has 0 unspecified atom stereocenters. The molecule has 0 atom stereocenters. The minimum absolute atomic E-state index is 0.149. The SMILES string of the molecule is Cc1ccc(=O)n(Cc2ccc(F)c(C=CC(=O)O)c2)n1. The van der Waals surface area contributed by atoms with Crippen LogP contribution in [0.1, 0.15) is 16.8 Å². The molecule has 0 bridgehead atoms. The molecule has 1 heterocycles. The van der Waals surface area contributed by atoms with Gasteiger partial charge in [0.05, 0.1) is 12.2 Å². The number of benzene rings is 1. The van der Waals surface area contributed by atoms with Crippen molar-refractivity contribution in [2.75, 3.05) is 0 Å². The van der Waals surface area contributed by atoms with Gasteiger partial charge in [0.1, 0.15) is 5.82 Å². The Bertz CT molecular complexity index is 766. The van der Waals surface area contributed by atoms with Crippen LogP contribution >= 0.6 is 0 Å². The van der Waals surface area contributed by atoms with Gasteiger partial charge in [-0.3, -0.25) is 4.79 Å². The van der Waals surface area contributed by atoms with Crippen molar-refractivity contribution in [1.29, 1.82) is 0 Å². The Morgan fingerprint density at radius 1 is 1.38 bits per heavy atom. The summed E-state index contributed by atoms with van der Waals surface area (Å²) in [5, 5.41) is 12.7. The molecule has 0 aliphatic carbocycles. The number of nitrogens with zero attached hydrogens (tertiary/aromatic N) is 2. The van der Waals surface area contributed by atoms with Crippen molar-refractivity contribution in [3.05, 3.63) is 69.4 Å². The molecule has 1 aromatic heterocycles. The number of rotatable bonds is 4. The van der Waals surface area contributed by atoms with Gasteiger partial charge in [-0.05, 0) is 36.8 Å². The molecule has 1 aromatic carbocycles. The highest BCUT2D eigenvalue weighted by atomic mass is 19.1. The second kappa shape index (κ2) is 6.13. The van der Waals surface area contributed by atoms with E-state index in [2.05, 4.69) is 5.10 Å². The summed E-state index contributed by atoms with van der Waals surface area (Å²) in [5.74, 6) is -1.68. The number of hydrogen-bond acceptors (Lipinski definition) is 3. The third-order valence-corrected chi connectivity index (χ3v) is 2.80. The molecular formula is C15H13FN2O3. The first kappa shape index (κ1) is 14.6. The van der Waals surface area contributed by atoms with E-state index in [0.717, 1.165) is 6.08 Å². The zero-order chi connectivity index (χ0) is 15.4. The Morgan fingerprint density at radius 2 is 2.14 bits per heavy atom. The van der Waals surface area contributed by atoms with Crippen molar-refractivity contribution in [1.82, 2.24) is 9.78 Å². The molecule has 2 rings (SSSR count). The van der Waals surface area contributed by atoms with Gasteiger partial charge in [0.15, 0.2) is 0 Å². The lowest BCUT2D eigenvalue weighted by Crippen LogP contribution is -2.23. The first-order valence-corrected chi connectivity index (χ1v) is 6.20. The smallest absolute Gasteiger partial charge is 0.328 e. The number of carboxylic acids is 1. The maximum atomic E-state index is 13.6. The van der Waals surface area contributed by atoms with Crippen LogP contribution in [0, 0.1) is 12.7 Å². The fraction of sp³-hybridized carbons (Fsp3) is 0.133. The van der Waals surface area contributed by atoms with Crippen molar-refractivity contribution >= 4 is 12.0 Å². The third kappa shape index (κ3) is 3.85. The van der Waals surface area contributed by atoms with E-state index in [0.29, 0.717) is 11.3 Å². The molecule has 108 valence electrons. The average molecular weight is 288 g/mol. The van der Waals surface area contributed by atoms with Crippen LogP contribution in [0.4, 0.5) is 4.39 Å². The molecule has 0 aliphatic heterocycles. The lowest BCUT2D eigenvalue weighted by molar-refractivity contribution is -0.131. The molecule has 1 N–H and O–H groups in total. The predicted molar refractivity (Wildman–Crippen MR) is 75.4 cm³/mol. The summed E-state index contributed by atoms with van der Waals surface area (Å²) in [4.78, 5) is 22.2. The van der Waals surface area contributed by atoms with Crippen LogP contribution in [0.15, 0.2) is 41.2 Å². The predicted octanol–water partition coefficient (Wildman–Crippen LogP) is 1.84. The molecule has 0 amide bonds. The van der Waals surface area contributed by atoms with Gasteiger partial charge in [-0.25, -0.2) is 13.9 Å². The van der Waals surface area contributed by atoms with E-state index in [9.17, 15) is 14.0 Å². The van der Waals surface area contributed by atoms with Crippen LogP contribution in [0.3, 0.4) is 0 Å². The number of hydrogen-bond donors (Lipinski definition) is 1.